The maximum Gasteiger partial charge on any atom is 0.338 e. The first-order chi connectivity index (χ1) is 12.1. The lowest BCUT2D eigenvalue weighted by Crippen LogP contribution is -2.40. The first kappa shape index (κ1) is 17.4. The lowest BCUT2D eigenvalue weighted by molar-refractivity contribution is -0.0481. The summed E-state index contributed by atoms with van der Waals surface area (Å²) < 4.78 is 11.9. The zero-order valence-corrected chi connectivity index (χ0v) is 14.7. The van der Waals surface area contributed by atoms with Crippen LogP contribution in [0.2, 0.25) is 0 Å². The lowest BCUT2D eigenvalue weighted by Gasteiger charge is -2.35. The molecule has 0 heterocycles. The quantitative estimate of drug-likeness (QED) is 0.589. The van der Waals surface area contributed by atoms with Gasteiger partial charge >= 0.3 is 5.97 Å². The van der Waals surface area contributed by atoms with Crippen LogP contribution in [-0.4, -0.2) is 18.2 Å². The van der Waals surface area contributed by atoms with Crippen LogP contribution < -0.4 is 0 Å². The normalized spacial score (nSPS) is 25.5. The first-order valence-electron chi connectivity index (χ1n) is 8.75. The predicted molar refractivity (Wildman–Crippen MR) is 98.1 cm³/mol. The Kier molecular flexibility index (Phi) is 5.67. The molecule has 0 spiro atoms. The Morgan fingerprint density at radius 1 is 0.920 bits per heavy atom. The summed E-state index contributed by atoms with van der Waals surface area (Å²) in [6.45, 7) is 4.70. The second-order valence-corrected chi connectivity index (χ2v) is 6.60. The molecule has 0 aromatic heterocycles. The number of hydrogen-bond acceptors (Lipinski definition) is 3. The summed E-state index contributed by atoms with van der Waals surface area (Å²) >= 11 is 0. The van der Waals surface area contributed by atoms with Gasteiger partial charge in [0.1, 0.15) is 6.10 Å². The molecule has 0 aliphatic heterocycles. The average molecular weight is 336 g/mol. The molecule has 0 amide bonds. The zero-order valence-electron chi connectivity index (χ0n) is 14.7. The summed E-state index contributed by atoms with van der Waals surface area (Å²) in [6.07, 6.45) is 3.91. The van der Waals surface area contributed by atoms with Gasteiger partial charge in [-0.2, -0.15) is 0 Å². The van der Waals surface area contributed by atoms with E-state index in [0.29, 0.717) is 12.2 Å². The van der Waals surface area contributed by atoms with E-state index in [1.165, 1.54) is 0 Å². The van der Waals surface area contributed by atoms with Gasteiger partial charge in [0.2, 0.25) is 0 Å². The summed E-state index contributed by atoms with van der Waals surface area (Å²) in [5.41, 5.74) is 1.72. The summed E-state index contributed by atoms with van der Waals surface area (Å²) in [4.78, 5) is 12.4. The molecule has 0 bridgehead atoms. The van der Waals surface area contributed by atoms with Gasteiger partial charge in [-0.25, -0.2) is 4.79 Å². The third-order valence-electron chi connectivity index (χ3n) is 4.70. The number of ether oxygens (including phenoxy) is 2. The fourth-order valence-electron chi connectivity index (χ4n) is 3.19. The highest BCUT2D eigenvalue weighted by Crippen LogP contribution is 2.30. The van der Waals surface area contributed by atoms with Crippen molar-refractivity contribution in [3.63, 3.8) is 0 Å². The van der Waals surface area contributed by atoms with E-state index < -0.39 is 0 Å². The van der Waals surface area contributed by atoms with Crippen LogP contribution >= 0.6 is 0 Å². The third kappa shape index (κ3) is 4.37. The minimum absolute atomic E-state index is 0.0648. The van der Waals surface area contributed by atoms with Crippen LogP contribution in [-0.2, 0) is 16.1 Å². The Labute approximate surface area is 149 Å². The van der Waals surface area contributed by atoms with E-state index in [2.05, 4.69) is 26.0 Å². The molecule has 0 saturated carbocycles. The van der Waals surface area contributed by atoms with Crippen LogP contribution in [0.25, 0.3) is 0 Å². The maximum atomic E-state index is 12.4. The van der Waals surface area contributed by atoms with Crippen LogP contribution in [0.3, 0.4) is 0 Å². The molecule has 1 aliphatic rings. The predicted octanol–water partition coefficient (Wildman–Crippen LogP) is 4.64. The molecular formula is C22H24O3. The van der Waals surface area contributed by atoms with Crippen molar-refractivity contribution in [3.05, 3.63) is 83.9 Å². The van der Waals surface area contributed by atoms with E-state index in [1.807, 2.05) is 48.5 Å². The van der Waals surface area contributed by atoms with E-state index in [0.717, 1.165) is 5.56 Å². The molecule has 25 heavy (non-hydrogen) atoms. The minimum atomic E-state index is -0.276. The number of rotatable bonds is 5. The van der Waals surface area contributed by atoms with Gasteiger partial charge in [-0.3, -0.25) is 0 Å². The summed E-state index contributed by atoms with van der Waals surface area (Å²) in [7, 11) is 0. The van der Waals surface area contributed by atoms with E-state index in [9.17, 15) is 4.79 Å². The van der Waals surface area contributed by atoms with Crippen LogP contribution in [0.5, 0.6) is 0 Å². The van der Waals surface area contributed by atoms with E-state index in [4.69, 9.17) is 9.47 Å². The van der Waals surface area contributed by atoms with Gasteiger partial charge in [-0.1, -0.05) is 74.5 Å². The number of hydrogen-bond donors (Lipinski definition) is 0. The second-order valence-electron chi connectivity index (χ2n) is 6.60. The number of carbonyl (C=O) groups is 1. The fraction of sp³-hybridized carbons (Fsp3) is 0.318. The van der Waals surface area contributed by atoms with E-state index in [-0.39, 0.29) is 30.0 Å². The largest absolute Gasteiger partial charge is 0.458 e. The molecule has 0 fully saturated rings. The Morgan fingerprint density at radius 3 is 2.24 bits per heavy atom. The topological polar surface area (TPSA) is 35.5 Å². The molecule has 0 N–H and O–H groups in total. The molecule has 130 valence electrons. The molecule has 4 atom stereocenters. The highest BCUT2D eigenvalue weighted by molar-refractivity contribution is 5.89. The smallest absolute Gasteiger partial charge is 0.338 e. The summed E-state index contributed by atoms with van der Waals surface area (Å²) in [6, 6.07) is 19.2. The van der Waals surface area contributed by atoms with Gasteiger partial charge in [0.05, 0.1) is 18.3 Å². The second kappa shape index (κ2) is 8.13. The number of carbonyl (C=O) groups excluding carboxylic acids is 1. The molecule has 2 aromatic rings. The third-order valence-corrected chi connectivity index (χ3v) is 4.70. The minimum Gasteiger partial charge on any atom is -0.458 e. The van der Waals surface area contributed by atoms with Gasteiger partial charge < -0.3 is 9.47 Å². The van der Waals surface area contributed by atoms with Crippen molar-refractivity contribution in [2.45, 2.75) is 32.7 Å². The van der Waals surface area contributed by atoms with Gasteiger partial charge in [0.25, 0.3) is 0 Å². The van der Waals surface area contributed by atoms with Crippen molar-refractivity contribution in [2.75, 3.05) is 0 Å². The Morgan fingerprint density at radius 2 is 1.56 bits per heavy atom. The highest BCUT2D eigenvalue weighted by Gasteiger charge is 2.35. The maximum absolute atomic E-state index is 12.4. The van der Waals surface area contributed by atoms with Gasteiger partial charge in [0, 0.05) is 11.8 Å². The van der Waals surface area contributed by atoms with Crippen molar-refractivity contribution in [3.8, 4) is 0 Å². The fourth-order valence-corrected chi connectivity index (χ4v) is 3.19. The van der Waals surface area contributed by atoms with E-state index >= 15 is 0 Å². The van der Waals surface area contributed by atoms with Gasteiger partial charge in [-0.15, -0.1) is 0 Å². The zero-order chi connectivity index (χ0) is 17.6. The Balaban J connectivity index is 1.64. The highest BCUT2D eigenvalue weighted by atomic mass is 16.5. The summed E-state index contributed by atoms with van der Waals surface area (Å²) in [5.74, 6) is -0.0166. The number of benzene rings is 2. The van der Waals surface area contributed by atoms with Crippen LogP contribution in [0.15, 0.2) is 72.8 Å². The molecular weight excluding hydrogens is 312 g/mol. The summed E-state index contributed by atoms with van der Waals surface area (Å²) in [5, 5.41) is 0. The van der Waals surface area contributed by atoms with Crippen LogP contribution in [0.4, 0.5) is 0 Å². The van der Waals surface area contributed by atoms with Gasteiger partial charge in [0.15, 0.2) is 0 Å². The molecule has 3 heteroatoms. The van der Waals surface area contributed by atoms with Crippen LogP contribution in [0.1, 0.15) is 29.8 Å². The Bertz CT molecular complexity index is 709. The molecule has 0 unspecified atom stereocenters. The standard InChI is InChI=1S/C22H24O3/c1-16-13-14-20(24-15-18-9-5-3-6-10-18)17(2)21(16)25-22(23)19-11-7-4-8-12-19/h3-14,16-17,20-21H,15H2,1-2H3/t16-,17+,20-,21+/m0/s1. The molecule has 3 nitrogen and oxygen atoms in total. The molecule has 3 rings (SSSR count). The first-order valence-corrected chi connectivity index (χ1v) is 8.75. The lowest BCUT2D eigenvalue weighted by atomic mass is 9.83. The monoisotopic (exact) mass is 336 g/mol. The van der Waals surface area contributed by atoms with Crippen molar-refractivity contribution in [1.29, 1.82) is 0 Å². The number of esters is 1. The van der Waals surface area contributed by atoms with Gasteiger partial charge in [-0.05, 0) is 17.7 Å². The van der Waals surface area contributed by atoms with Crippen molar-refractivity contribution >= 4 is 5.97 Å². The molecule has 2 aromatic carbocycles. The van der Waals surface area contributed by atoms with Crippen molar-refractivity contribution in [2.24, 2.45) is 11.8 Å². The molecule has 0 saturated heterocycles. The van der Waals surface area contributed by atoms with Crippen molar-refractivity contribution in [1.82, 2.24) is 0 Å². The molecule has 0 radical (unpaired) electrons. The van der Waals surface area contributed by atoms with Crippen molar-refractivity contribution < 1.29 is 14.3 Å². The van der Waals surface area contributed by atoms with E-state index in [1.54, 1.807) is 12.1 Å². The average Bonchev–Trinajstić information content (AvgIpc) is 2.66. The molecule has 1 aliphatic carbocycles. The Hall–Kier alpha value is -2.39. The SMILES string of the molecule is C[C@H]1[C@H](OC(=O)c2ccccc2)[C@@H](C)C=C[C@@H]1OCc1ccccc1. The van der Waals surface area contributed by atoms with Crippen LogP contribution in [0, 0.1) is 11.8 Å².